The Balaban J connectivity index is 2.25. The van der Waals surface area contributed by atoms with Crippen molar-refractivity contribution in [3.63, 3.8) is 0 Å². The Hall–Kier alpha value is -0.820. The molecule has 0 amide bonds. The van der Waals surface area contributed by atoms with Crippen molar-refractivity contribution in [2.75, 3.05) is 0 Å². The lowest BCUT2D eigenvalue weighted by molar-refractivity contribution is 0.348. The van der Waals surface area contributed by atoms with E-state index in [1.54, 1.807) is 5.56 Å². The zero-order chi connectivity index (χ0) is 15.6. The van der Waals surface area contributed by atoms with E-state index in [1.165, 1.54) is 24.0 Å². The van der Waals surface area contributed by atoms with Crippen molar-refractivity contribution >= 4 is 0 Å². The maximum absolute atomic E-state index is 5.79. The van der Waals surface area contributed by atoms with E-state index >= 15 is 0 Å². The van der Waals surface area contributed by atoms with Gasteiger partial charge in [-0.3, -0.25) is 0 Å². The largest absolute Gasteiger partial charge is 0.370 e. The number of benzene rings is 1. The van der Waals surface area contributed by atoms with Crippen molar-refractivity contribution in [3.05, 3.63) is 34.9 Å². The Morgan fingerprint density at radius 2 is 1.81 bits per heavy atom. The number of rotatable bonds is 6. The fourth-order valence-corrected chi connectivity index (χ4v) is 3.30. The Bertz CT molecular complexity index is 469. The van der Waals surface area contributed by atoms with Crippen molar-refractivity contribution in [3.8, 4) is 0 Å². The van der Waals surface area contributed by atoms with Gasteiger partial charge < -0.3 is 4.74 Å². The molecule has 0 bridgehead atoms. The molecule has 3 atom stereocenters. The molecule has 0 saturated carbocycles. The van der Waals surface area contributed by atoms with Crippen molar-refractivity contribution in [1.29, 1.82) is 0 Å². The summed E-state index contributed by atoms with van der Waals surface area (Å²) in [6, 6.07) is 7.14. The molecule has 1 aliphatic heterocycles. The van der Waals surface area contributed by atoms with Gasteiger partial charge in [0.15, 0.2) is 0 Å². The van der Waals surface area contributed by atoms with Crippen LogP contribution in [0.5, 0.6) is 0 Å². The predicted octanol–water partition coefficient (Wildman–Crippen LogP) is 5.61. The topological polar surface area (TPSA) is 12.5 Å². The van der Waals surface area contributed by atoms with Crippen LogP contribution in [0.25, 0.3) is 0 Å². The van der Waals surface area contributed by atoms with Gasteiger partial charge in [0.2, 0.25) is 0 Å². The summed E-state index contributed by atoms with van der Waals surface area (Å²) in [6.45, 7) is 13.7. The van der Waals surface area contributed by atoms with Crippen LogP contribution in [0.15, 0.2) is 18.2 Å². The van der Waals surface area contributed by atoms with E-state index in [2.05, 4.69) is 59.7 Å². The minimum atomic E-state index is 0.224. The Morgan fingerprint density at radius 1 is 1.10 bits per heavy atom. The summed E-state index contributed by atoms with van der Waals surface area (Å²) >= 11 is 0. The van der Waals surface area contributed by atoms with Gasteiger partial charge >= 0.3 is 0 Å². The summed E-state index contributed by atoms with van der Waals surface area (Å²) in [4.78, 5) is 0. The molecule has 1 aromatic carbocycles. The van der Waals surface area contributed by atoms with Crippen LogP contribution in [0.3, 0.4) is 0 Å². The van der Waals surface area contributed by atoms with Gasteiger partial charge in [-0.2, -0.15) is 0 Å². The molecule has 1 aromatic rings. The van der Waals surface area contributed by atoms with Crippen molar-refractivity contribution in [1.82, 2.24) is 0 Å². The van der Waals surface area contributed by atoms with Crippen LogP contribution in [0.1, 0.15) is 83.4 Å². The summed E-state index contributed by atoms with van der Waals surface area (Å²) < 4.78 is 5.79. The number of aryl methyl sites for hydroxylation is 1. The first kappa shape index (κ1) is 16.5. The van der Waals surface area contributed by atoms with Crippen molar-refractivity contribution < 1.29 is 4.74 Å². The van der Waals surface area contributed by atoms with E-state index < -0.39 is 0 Å². The Labute approximate surface area is 131 Å². The van der Waals surface area contributed by atoms with Crippen LogP contribution in [-0.2, 0) is 16.6 Å². The first-order valence-corrected chi connectivity index (χ1v) is 8.69. The molecule has 0 spiro atoms. The third kappa shape index (κ3) is 3.88. The maximum Gasteiger partial charge on any atom is 0.0847 e. The van der Waals surface area contributed by atoms with E-state index in [4.69, 9.17) is 4.74 Å². The molecule has 1 saturated heterocycles. The molecule has 1 heteroatoms. The molecule has 2 rings (SSSR count). The van der Waals surface area contributed by atoms with Crippen LogP contribution in [0.2, 0.25) is 0 Å². The fraction of sp³-hybridized carbons (Fsp3) is 0.700. The van der Waals surface area contributed by atoms with E-state index in [0.29, 0.717) is 18.1 Å². The van der Waals surface area contributed by atoms with Gasteiger partial charge in [-0.05, 0) is 53.7 Å². The SMILES string of the molecule is CCc1ccc(C(C)(C)C)cc1C(CC)CC1OC1CC. The molecule has 1 aliphatic rings. The highest BCUT2D eigenvalue weighted by atomic mass is 16.6. The quantitative estimate of drug-likeness (QED) is 0.620. The number of epoxide rings is 1. The Kier molecular flexibility index (Phi) is 5.14. The monoisotopic (exact) mass is 288 g/mol. The lowest BCUT2D eigenvalue weighted by Gasteiger charge is -2.24. The van der Waals surface area contributed by atoms with Gasteiger partial charge in [-0.25, -0.2) is 0 Å². The molecule has 1 nitrogen and oxygen atoms in total. The first-order valence-electron chi connectivity index (χ1n) is 8.69. The van der Waals surface area contributed by atoms with Gasteiger partial charge in [0, 0.05) is 0 Å². The first-order chi connectivity index (χ1) is 9.90. The van der Waals surface area contributed by atoms with E-state index in [-0.39, 0.29) is 5.41 Å². The Morgan fingerprint density at radius 3 is 2.29 bits per heavy atom. The van der Waals surface area contributed by atoms with Gasteiger partial charge in [0.05, 0.1) is 12.2 Å². The van der Waals surface area contributed by atoms with E-state index in [9.17, 15) is 0 Å². The van der Waals surface area contributed by atoms with E-state index in [0.717, 1.165) is 12.8 Å². The molecular formula is C20H32O. The lowest BCUT2D eigenvalue weighted by atomic mass is 9.80. The average Bonchev–Trinajstić information content (AvgIpc) is 3.21. The van der Waals surface area contributed by atoms with Gasteiger partial charge in [-0.15, -0.1) is 0 Å². The maximum atomic E-state index is 5.79. The minimum Gasteiger partial charge on any atom is -0.370 e. The van der Waals surface area contributed by atoms with Crippen LogP contribution in [0.4, 0.5) is 0 Å². The number of ether oxygens (including phenoxy) is 1. The second-order valence-corrected chi connectivity index (χ2v) is 7.48. The van der Waals surface area contributed by atoms with Crippen LogP contribution in [0, 0.1) is 0 Å². The highest BCUT2D eigenvalue weighted by Crippen LogP contribution is 2.38. The minimum absolute atomic E-state index is 0.224. The molecule has 1 fully saturated rings. The molecule has 3 unspecified atom stereocenters. The number of hydrogen-bond acceptors (Lipinski definition) is 1. The fourth-order valence-electron chi connectivity index (χ4n) is 3.30. The average molecular weight is 288 g/mol. The number of hydrogen-bond donors (Lipinski definition) is 0. The highest BCUT2D eigenvalue weighted by Gasteiger charge is 2.38. The summed E-state index contributed by atoms with van der Waals surface area (Å²) in [7, 11) is 0. The van der Waals surface area contributed by atoms with Gasteiger partial charge in [0.25, 0.3) is 0 Å². The third-order valence-electron chi connectivity index (χ3n) is 4.93. The van der Waals surface area contributed by atoms with Crippen LogP contribution < -0.4 is 0 Å². The molecule has 1 heterocycles. The smallest absolute Gasteiger partial charge is 0.0847 e. The van der Waals surface area contributed by atoms with Gasteiger partial charge in [0.1, 0.15) is 0 Å². The third-order valence-corrected chi connectivity index (χ3v) is 4.93. The molecule has 118 valence electrons. The van der Waals surface area contributed by atoms with Gasteiger partial charge in [-0.1, -0.05) is 59.7 Å². The molecular weight excluding hydrogens is 256 g/mol. The highest BCUT2D eigenvalue weighted by molar-refractivity contribution is 5.37. The molecule has 21 heavy (non-hydrogen) atoms. The zero-order valence-corrected chi connectivity index (χ0v) is 14.7. The summed E-state index contributed by atoms with van der Waals surface area (Å²) in [5.41, 5.74) is 4.76. The van der Waals surface area contributed by atoms with E-state index in [1.807, 2.05) is 0 Å². The summed E-state index contributed by atoms with van der Waals surface area (Å²) in [5.74, 6) is 0.642. The summed E-state index contributed by atoms with van der Waals surface area (Å²) in [6.07, 6.45) is 5.70. The summed E-state index contributed by atoms with van der Waals surface area (Å²) in [5, 5.41) is 0. The normalized spacial score (nSPS) is 23.1. The molecule has 0 N–H and O–H groups in total. The van der Waals surface area contributed by atoms with Crippen LogP contribution >= 0.6 is 0 Å². The molecule has 0 aliphatic carbocycles. The second kappa shape index (κ2) is 6.52. The lowest BCUT2D eigenvalue weighted by Crippen LogP contribution is -2.14. The standard InChI is InChI=1S/C20H32O/c1-7-14-10-11-16(20(4,5)6)13-17(14)15(8-2)12-19-18(9-3)21-19/h10-11,13,15,18-19H,7-9,12H2,1-6H3. The second-order valence-electron chi connectivity index (χ2n) is 7.48. The van der Waals surface area contributed by atoms with Crippen LogP contribution in [-0.4, -0.2) is 12.2 Å². The van der Waals surface area contributed by atoms with Crippen molar-refractivity contribution in [2.45, 2.75) is 90.8 Å². The molecule has 0 radical (unpaired) electrons. The predicted molar refractivity (Wildman–Crippen MR) is 91.1 cm³/mol. The molecule has 0 aromatic heterocycles. The zero-order valence-electron chi connectivity index (χ0n) is 14.7. The van der Waals surface area contributed by atoms with Crippen molar-refractivity contribution in [2.24, 2.45) is 0 Å².